The molecule has 0 saturated heterocycles. The van der Waals surface area contributed by atoms with Crippen LogP contribution in [0.1, 0.15) is 16.1 Å². The summed E-state index contributed by atoms with van der Waals surface area (Å²) in [5.41, 5.74) is 3.18. The first-order chi connectivity index (χ1) is 13.3. The number of amides is 1. The summed E-state index contributed by atoms with van der Waals surface area (Å²) in [5.74, 6) is -0.503. The first-order valence-corrected chi connectivity index (χ1v) is 8.28. The number of nitrogens with zero attached hydrogens (tertiary/aromatic N) is 4. The third-order valence-electron chi connectivity index (χ3n) is 4.21. The Morgan fingerprint density at radius 1 is 1.11 bits per heavy atom. The molecule has 1 N–H and O–H groups in total. The van der Waals surface area contributed by atoms with Crippen molar-refractivity contribution in [1.29, 1.82) is 0 Å². The van der Waals surface area contributed by atoms with E-state index in [9.17, 15) is 18.0 Å². The Morgan fingerprint density at radius 3 is 2.64 bits per heavy atom. The van der Waals surface area contributed by atoms with Crippen LogP contribution in [-0.4, -0.2) is 25.3 Å². The van der Waals surface area contributed by atoms with Gasteiger partial charge in [-0.25, -0.2) is 9.66 Å². The van der Waals surface area contributed by atoms with Crippen molar-refractivity contribution in [2.45, 2.75) is 6.18 Å². The van der Waals surface area contributed by atoms with Crippen molar-refractivity contribution in [1.82, 2.24) is 19.4 Å². The molecular weight excluding hydrogens is 371 g/mol. The fourth-order valence-corrected chi connectivity index (χ4v) is 2.91. The molecule has 0 spiro atoms. The standard InChI is InChI=1S/C19H14F3N5O/c1-26-9-7-15(24-26)18(28)25-27-16(11-13-5-3-8-23-17(13)27)12-4-2-6-14(10-12)19(20,21)22/h2-11H,1H3,(H,25,28). The van der Waals surface area contributed by atoms with Crippen LogP contribution in [0.4, 0.5) is 13.2 Å². The minimum Gasteiger partial charge on any atom is -0.275 e. The first-order valence-electron chi connectivity index (χ1n) is 8.28. The summed E-state index contributed by atoms with van der Waals surface area (Å²) < 4.78 is 42.2. The molecule has 0 atom stereocenters. The second-order valence-corrected chi connectivity index (χ2v) is 6.18. The van der Waals surface area contributed by atoms with Crippen LogP contribution in [0.5, 0.6) is 0 Å². The van der Waals surface area contributed by atoms with Gasteiger partial charge in [0.15, 0.2) is 11.3 Å². The number of nitrogens with one attached hydrogen (secondary N) is 1. The Hall–Kier alpha value is -3.62. The van der Waals surface area contributed by atoms with E-state index in [-0.39, 0.29) is 5.69 Å². The zero-order chi connectivity index (χ0) is 19.9. The highest BCUT2D eigenvalue weighted by atomic mass is 19.4. The van der Waals surface area contributed by atoms with Crippen molar-refractivity contribution in [2.75, 3.05) is 5.43 Å². The summed E-state index contributed by atoms with van der Waals surface area (Å²) in [5, 5.41) is 4.72. The molecular formula is C19H14F3N5O. The number of fused-ring (bicyclic) bond motifs is 1. The van der Waals surface area contributed by atoms with E-state index in [1.165, 1.54) is 15.4 Å². The molecule has 28 heavy (non-hydrogen) atoms. The molecule has 142 valence electrons. The van der Waals surface area contributed by atoms with Crippen LogP contribution in [0, 0.1) is 0 Å². The number of rotatable bonds is 3. The fourth-order valence-electron chi connectivity index (χ4n) is 2.91. The van der Waals surface area contributed by atoms with Crippen molar-refractivity contribution < 1.29 is 18.0 Å². The molecule has 0 fully saturated rings. The van der Waals surface area contributed by atoms with Gasteiger partial charge in [-0.15, -0.1) is 0 Å². The minimum atomic E-state index is -4.47. The number of carbonyl (C=O) groups excluding carboxylic acids is 1. The Morgan fingerprint density at radius 2 is 1.93 bits per heavy atom. The maximum absolute atomic E-state index is 13.1. The lowest BCUT2D eigenvalue weighted by atomic mass is 10.1. The predicted octanol–water partition coefficient (Wildman–Crippen LogP) is 3.84. The van der Waals surface area contributed by atoms with Gasteiger partial charge < -0.3 is 0 Å². The molecule has 0 aliphatic carbocycles. The van der Waals surface area contributed by atoms with Crippen molar-refractivity contribution in [3.05, 3.63) is 72.2 Å². The number of benzene rings is 1. The number of hydrogen-bond donors (Lipinski definition) is 1. The van der Waals surface area contributed by atoms with Gasteiger partial charge in [0.05, 0.1) is 11.3 Å². The number of carbonyl (C=O) groups is 1. The molecule has 0 bridgehead atoms. The van der Waals surface area contributed by atoms with Gasteiger partial charge in [0, 0.05) is 30.4 Å². The number of alkyl halides is 3. The minimum absolute atomic E-state index is 0.176. The number of aryl methyl sites for hydroxylation is 1. The zero-order valence-electron chi connectivity index (χ0n) is 14.6. The van der Waals surface area contributed by atoms with E-state index in [2.05, 4.69) is 15.5 Å². The van der Waals surface area contributed by atoms with Crippen LogP contribution in [-0.2, 0) is 13.2 Å². The maximum Gasteiger partial charge on any atom is 0.416 e. The summed E-state index contributed by atoms with van der Waals surface area (Å²) in [4.78, 5) is 16.8. The second kappa shape index (κ2) is 6.52. The van der Waals surface area contributed by atoms with Crippen LogP contribution in [0.25, 0.3) is 22.3 Å². The second-order valence-electron chi connectivity index (χ2n) is 6.18. The zero-order valence-corrected chi connectivity index (χ0v) is 14.6. The molecule has 1 amide bonds. The largest absolute Gasteiger partial charge is 0.416 e. The highest BCUT2D eigenvalue weighted by Crippen LogP contribution is 2.33. The lowest BCUT2D eigenvalue weighted by Gasteiger charge is -2.13. The lowest BCUT2D eigenvalue weighted by molar-refractivity contribution is -0.137. The SMILES string of the molecule is Cn1ccc(C(=O)Nn2c(-c3cccc(C(F)(F)F)c3)cc3cccnc32)n1. The van der Waals surface area contributed by atoms with E-state index in [1.807, 2.05) is 0 Å². The molecule has 0 saturated carbocycles. The van der Waals surface area contributed by atoms with E-state index in [1.54, 1.807) is 49.8 Å². The van der Waals surface area contributed by atoms with Crippen LogP contribution < -0.4 is 5.43 Å². The summed E-state index contributed by atoms with van der Waals surface area (Å²) in [7, 11) is 1.68. The van der Waals surface area contributed by atoms with Crippen LogP contribution >= 0.6 is 0 Å². The monoisotopic (exact) mass is 385 g/mol. The molecule has 0 aliphatic heterocycles. The number of aromatic nitrogens is 4. The molecule has 4 aromatic rings. The first kappa shape index (κ1) is 17.8. The predicted molar refractivity (Wildman–Crippen MR) is 97.1 cm³/mol. The lowest BCUT2D eigenvalue weighted by Crippen LogP contribution is -2.24. The van der Waals surface area contributed by atoms with E-state index in [4.69, 9.17) is 0 Å². The fraction of sp³-hybridized carbons (Fsp3) is 0.105. The summed E-state index contributed by atoms with van der Waals surface area (Å²) in [6.45, 7) is 0. The molecule has 0 aliphatic rings. The quantitative estimate of drug-likeness (QED) is 0.583. The normalized spacial score (nSPS) is 11.7. The summed E-state index contributed by atoms with van der Waals surface area (Å²) >= 11 is 0. The van der Waals surface area contributed by atoms with E-state index < -0.39 is 17.6 Å². The van der Waals surface area contributed by atoms with Crippen molar-refractivity contribution >= 4 is 16.9 Å². The number of halogens is 3. The smallest absolute Gasteiger partial charge is 0.275 e. The van der Waals surface area contributed by atoms with Crippen molar-refractivity contribution in [2.24, 2.45) is 7.05 Å². The van der Waals surface area contributed by atoms with Gasteiger partial charge in [-0.3, -0.25) is 14.9 Å². The Bertz CT molecular complexity index is 1180. The summed E-state index contributed by atoms with van der Waals surface area (Å²) in [6, 6.07) is 11.6. The van der Waals surface area contributed by atoms with Crippen molar-refractivity contribution in [3.8, 4) is 11.3 Å². The van der Waals surface area contributed by atoms with Gasteiger partial charge in [0.2, 0.25) is 0 Å². The molecule has 0 radical (unpaired) electrons. The van der Waals surface area contributed by atoms with Crippen LogP contribution in [0.15, 0.2) is 60.9 Å². The number of hydrogen-bond acceptors (Lipinski definition) is 3. The molecule has 9 heteroatoms. The van der Waals surface area contributed by atoms with E-state index in [0.29, 0.717) is 22.3 Å². The molecule has 0 unspecified atom stereocenters. The van der Waals surface area contributed by atoms with Gasteiger partial charge in [0.25, 0.3) is 5.91 Å². The van der Waals surface area contributed by atoms with Crippen molar-refractivity contribution in [3.63, 3.8) is 0 Å². The third kappa shape index (κ3) is 3.22. The number of pyridine rings is 1. The Labute approximate surface area is 157 Å². The van der Waals surface area contributed by atoms with Gasteiger partial charge in [-0.05, 0) is 36.4 Å². The Kier molecular flexibility index (Phi) is 4.14. The van der Waals surface area contributed by atoms with Crippen LogP contribution in [0.3, 0.4) is 0 Å². The highest BCUT2D eigenvalue weighted by Gasteiger charge is 2.30. The van der Waals surface area contributed by atoms with E-state index in [0.717, 1.165) is 12.1 Å². The molecule has 3 aromatic heterocycles. The topological polar surface area (TPSA) is 64.7 Å². The molecule has 1 aromatic carbocycles. The molecule has 3 heterocycles. The van der Waals surface area contributed by atoms with Gasteiger partial charge in [0.1, 0.15) is 0 Å². The van der Waals surface area contributed by atoms with E-state index >= 15 is 0 Å². The van der Waals surface area contributed by atoms with Gasteiger partial charge >= 0.3 is 6.18 Å². The average Bonchev–Trinajstić information content (AvgIpc) is 3.25. The highest BCUT2D eigenvalue weighted by molar-refractivity contribution is 6.00. The summed E-state index contributed by atoms with van der Waals surface area (Å²) in [6.07, 6.45) is -1.31. The third-order valence-corrected chi connectivity index (χ3v) is 4.21. The maximum atomic E-state index is 13.1. The Balaban J connectivity index is 1.83. The molecule has 6 nitrogen and oxygen atoms in total. The average molecular weight is 385 g/mol. The van der Waals surface area contributed by atoms with Crippen LogP contribution in [0.2, 0.25) is 0 Å². The molecule has 4 rings (SSSR count). The van der Waals surface area contributed by atoms with Gasteiger partial charge in [-0.1, -0.05) is 12.1 Å². The van der Waals surface area contributed by atoms with Gasteiger partial charge in [-0.2, -0.15) is 18.3 Å².